The molecule has 148 valence electrons. The van der Waals surface area contributed by atoms with E-state index in [1.54, 1.807) is 25.4 Å². The molecule has 0 radical (unpaired) electrons. The Morgan fingerprint density at radius 1 is 1.24 bits per heavy atom. The second-order valence-corrected chi connectivity index (χ2v) is 6.57. The van der Waals surface area contributed by atoms with E-state index in [9.17, 15) is 10.4 Å². The molecule has 0 fully saturated rings. The number of imidazole rings is 1. The minimum Gasteiger partial charge on any atom is -0.486 e. The average Bonchev–Trinajstić information content (AvgIpc) is 3.16. The van der Waals surface area contributed by atoms with E-state index in [2.05, 4.69) is 26.3 Å². The Bertz CT molecular complexity index is 1060. The summed E-state index contributed by atoms with van der Waals surface area (Å²) in [5, 5.41) is 21.7. The van der Waals surface area contributed by atoms with Gasteiger partial charge in [-0.2, -0.15) is 10.2 Å². The van der Waals surface area contributed by atoms with Gasteiger partial charge in [0.05, 0.1) is 30.5 Å². The third-order valence-electron chi connectivity index (χ3n) is 4.32. The van der Waals surface area contributed by atoms with Crippen LogP contribution in [0, 0.1) is 11.3 Å². The normalized spacial score (nSPS) is 13.6. The lowest BCUT2D eigenvalue weighted by atomic mass is 10.1. The summed E-state index contributed by atoms with van der Waals surface area (Å²) in [6.07, 6.45) is 2.94. The second-order valence-electron chi connectivity index (χ2n) is 6.57. The minimum atomic E-state index is -0.530. The van der Waals surface area contributed by atoms with Crippen LogP contribution in [0.4, 0.5) is 5.95 Å². The van der Waals surface area contributed by atoms with Crippen LogP contribution < -0.4 is 14.8 Å². The Labute approximate surface area is 167 Å². The van der Waals surface area contributed by atoms with Crippen molar-refractivity contribution in [2.75, 3.05) is 25.1 Å². The first-order chi connectivity index (χ1) is 14.2. The molecule has 4 rings (SSSR count). The zero-order valence-electron chi connectivity index (χ0n) is 15.9. The van der Waals surface area contributed by atoms with Gasteiger partial charge in [0.25, 0.3) is 0 Å². The first kappa shape index (κ1) is 18.7. The highest BCUT2D eigenvalue weighted by Gasteiger charge is 2.18. The number of hydrogen-bond acceptors (Lipinski definition) is 8. The standard InChI is InChI=1S/C20H20N6O3/c1-13(27)11-24-20-22-7-5-18(25-20)26-15(4-6-21)12-23-19(26)14-2-3-16-17(10-14)29-9-8-28-16/h2-3,5,7,10,12-13,27H,4,8-9,11H2,1H3,(H,22,24,25). The number of nitriles is 1. The monoisotopic (exact) mass is 392 g/mol. The molecular formula is C20H20N6O3. The third kappa shape index (κ3) is 3.97. The largest absolute Gasteiger partial charge is 0.486 e. The molecule has 0 saturated carbocycles. The van der Waals surface area contributed by atoms with Crippen LogP contribution in [-0.4, -0.2) is 50.5 Å². The van der Waals surface area contributed by atoms with Crippen molar-refractivity contribution in [3.05, 3.63) is 42.4 Å². The topological polar surface area (TPSA) is 118 Å². The number of benzene rings is 1. The van der Waals surface area contributed by atoms with Crippen LogP contribution in [0.2, 0.25) is 0 Å². The molecule has 29 heavy (non-hydrogen) atoms. The van der Waals surface area contributed by atoms with Gasteiger partial charge in [-0.25, -0.2) is 9.97 Å². The molecule has 3 aromatic rings. The molecule has 9 heteroatoms. The summed E-state index contributed by atoms with van der Waals surface area (Å²) in [4.78, 5) is 13.2. The fraction of sp³-hybridized carbons (Fsp3) is 0.300. The third-order valence-corrected chi connectivity index (χ3v) is 4.32. The molecule has 2 aromatic heterocycles. The van der Waals surface area contributed by atoms with Gasteiger partial charge < -0.3 is 19.9 Å². The number of aromatic nitrogens is 4. The molecule has 1 aliphatic heterocycles. The molecule has 2 N–H and O–H groups in total. The van der Waals surface area contributed by atoms with Gasteiger partial charge in [-0.1, -0.05) is 0 Å². The van der Waals surface area contributed by atoms with Crippen molar-refractivity contribution >= 4 is 5.95 Å². The van der Waals surface area contributed by atoms with E-state index in [0.717, 1.165) is 5.56 Å². The number of aliphatic hydroxyl groups excluding tert-OH is 1. The Morgan fingerprint density at radius 3 is 2.86 bits per heavy atom. The molecule has 0 saturated heterocycles. The number of anilines is 1. The molecule has 1 aliphatic rings. The van der Waals surface area contributed by atoms with Crippen LogP contribution in [0.3, 0.4) is 0 Å². The summed E-state index contributed by atoms with van der Waals surface area (Å²) in [5.74, 6) is 2.94. The maximum absolute atomic E-state index is 9.48. The molecule has 0 amide bonds. The summed E-state index contributed by atoms with van der Waals surface area (Å²) < 4.78 is 13.1. The van der Waals surface area contributed by atoms with E-state index >= 15 is 0 Å². The van der Waals surface area contributed by atoms with E-state index in [4.69, 9.17) is 9.47 Å². The summed E-state index contributed by atoms with van der Waals surface area (Å²) in [6.45, 7) is 3.02. The second kappa shape index (κ2) is 8.16. The van der Waals surface area contributed by atoms with Gasteiger partial charge in [0, 0.05) is 18.3 Å². The predicted molar refractivity (Wildman–Crippen MR) is 105 cm³/mol. The van der Waals surface area contributed by atoms with Crippen molar-refractivity contribution in [3.63, 3.8) is 0 Å². The minimum absolute atomic E-state index is 0.179. The van der Waals surface area contributed by atoms with Gasteiger partial charge in [-0.15, -0.1) is 0 Å². The van der Waals surface area contributed by atoms with Gasteiger partial charge in [0.1, 0.15) is 24.9 Å². The molecule has 0 spiro atoms. The number of nitrogens with one attached hydrogen (secondary N) is 1. The lowest BCUT2D eigenvalue weighted by molar-refractivity contribution is 0.171. The molecule has 9 nitrogen and oxygen atoms in total. The molecule has 0 bridgehead atoms. The van der Waals surface area contributed by atoms with Crippen molar-refractivity contribution in [1.29, 1.82) is 5.26 Å². The van der Waals surface area contributed by atoms with Crippen molar-refractivity contribution in [3.8, 4) is 34.8 Å². The highest BCUT2D eigenvalue weighted by atomic mass is 16.6. The van der Waals surface area contributed by atoms with Crippen molar-refractivity contribution in [2.45, 2.75) is 19.4 Å². The summed E-state index contributed by atoms with van der Waals surface area (Å²) >= 11 is 0. The lowest BCUT2D eigenvalue weighted by Gasteiger charge is -2.19. The zero-order valence-corrected chi connectivity index (χ0v) is 15.9. The molecule has 1 atom stereocenters. The molecule has 1 unspecified atom stereocenters. The van der Waals surface area contributed by atoms with Gasteiger partial charge in [-0.3, -0.25) is 4.57 Å². The number of nitrogens with zero attached hydrogens (tertiary/aromatic N) is 5. The van der Waals surface area contributed by atoms with Crippen molar-refractivity contribution in [1.82, 2.24) is 19.5 Å². The lowest BCUT2D eigenvalue weighted by Crippen LogP contribution is -2.17. The quantitative estimate of drug-likeness (QED) is 0.654. The number of ether oxygens (including phenoxy) is 2. The van der Waals surface area contributed by atoms with Crippen molar-refractivity contribution in [2.24, 2.45) is 0 Å². The molecule has 0 aliphatic carbocycles. The Hall–Kier alpha value is -3.64. The van der Waals surface area contributed by atoms with E-state index in [1.807, 2.05) is 22.8 Å². The zero-order chi connectivity index (χ0) is 20.2. The number of aliphatic hydroxyl groups is 1. The van der Waals surface area contributed by atoms with Gasteiger partial charge >= 0.3 is 0 Å². The van der Waals surface area contributed by atoms with E-state index in [0.29, 0.717) is 54.5 Å². The summed E-state index contributed by atoms with van der Waals surface area (Å²) in [5.41, 5.74) is 1.52. The maximum atomic E-state index is 9.48. The van der Waals surface area contributed by atoms with Gasteiger partial charge in [0.15, 0.2) is 11.5 Å². The fourth-order valence-corrected chi connectivity index (χ4v) is 3.03. The van der Waals surface area contributed by atoms with E-state index in [1.165, 1.54) is 0 Å². The summed E-state index contributed by atoms with van der Waals surface area (Å²) in [7, 11) is 0. The van der Waals surface area contributed by atoms with Gasteiger partial charge in [0.2, 0.25) is 5.95 Å². The summed E-state index contributed by atoms with van der Waals surface area (Å²) in [6, 6.07) is 9.53. The number of rotatable bonds is 6. The van der Waals surface area contributed by atoms with E-state index < -0.39 is 6.10 Å². The van der Waals surface area contributed by atoms with Crippen molar-refractivity contribution < 1.29 is 14.6 Å². The fourth-order valence-electron chi connectivity index (χ4n) is 3.03. The molecule has 3 heterocycles. The van der Waals surface area contributed by atoms with Crippen LogP contribution in [0.1, 0.15) is 12.6 Å². The number of fused-ring (bicyclic) bond motifs is 1. The Balaban J connectivity index is 1.76. The highest BCUT2D eigenvalue weighted by molar-refractivity contribution is 5.64. The number of hydrogen-bond donors (Lipinski definition) is 2. The first-order valence-electron chi connectivity index (χ1n) is 9.24. The SMILES string of the molecule is CC(O)CNc1nccc(-n2c(CC#N)cnc2-c2ccc3c(c2)OCCO3)n1. The first-order valence-corrected chi connectivity index (χ1v) is 9.24. The maximum Gasteiger partial charge on any atom is 0.224 e. The van der Waals surface area contributed by atoms with Crippen LogP contribution in [0.25, 0.3) is 17.2 Å². The van der Waals surface area contributed by atoms with Crippen LogP contribution in [0.15, 0.2) is 36.7 Å². The Kier molecular flexibility index (Phi) is 5.27. The molecule has 1 aromatic carbocycles. The average molecular weight is 392 g/mol. The highest BCUT2D eigenvalue weighted by Crippen LogP contribution is 2.35. The smallest absolute Gasteiger partial charge is 0.224 e. The van der Waals surface area contributed by atoms with Gasteiger partial charge in [-0.05, 0) is 31.2 Å². The van der Waals surface area contributed by atoms with Crippen LogP contribution in [0.5, 0.6) is 11.5 Å². The Morgan fingerprint density at radius 2 is 2.07 bits per heavy atom. The molecular weight excluding hydrogens is 372 g/mol. The van der Waals surface area contributed by atoms with E-state index in [-0.39, 0.29) is 6.42 Å². The van der Waals surface area contributed by atoms with Crippen LogP contribution in [-0.2, 0) is 6.42 Å². The predicted octanol–water partition coefficient (Wildman–Crippen LogP) is 1.96. The van der Waals surface area contributed by atoms with Crippen LogP contribution >= 0.6 is 0 Å².